The molecule has 2 aliphatic heterocycles. The lowest BCUT2D eigenvalue weighted by atomic mass is 9.77. The minimum absolute atomic E-state index is 0.00292. The van der Waals surface area contributed by atoms with E-state index < -0.39 is 4.92 Å². The van der Waals surface area contributed by atoms with Crippen LogP contribution in [0.15, 0.2) is 42.0 Å². The van der Waals surface area contributed by atoms with E-state index in [1.807, 2.05) is 16.7 Å². The summed E-state index contributed by atoms with van der Waals surface area (Å²) >= 11 is 1.24. The number of likely N-dealkylation sites (tertiary alicyclic amines) is 2. The first-order valence-corrected chi connectivity index (χ1v) is 12.7. The van der Waals surface area contributed by atoms with Crippen molar-refractivity contribution >= 4 is 40.7 Å². The van der Waals surface area contributed by atoms with Gasteiger partial charge < -0.3 is 9.80 Å². The molecule has 3 heterocycles. The summed E-state index contributed by atoms with van der Waals surface area (Å²) in [4.78, 5) is 53.3. The van der Waals surface area contributed by atoms with Crippen molar-refractivity contribution in [3.63, 3.8) is 0 Å². The van der Waals surface area contributed by atoms with Gasteiger partial charge in [0.2, 0.25) is 5.91 Å². The third-order valence-electron chi connectivity index (χ3n) is 7.08. The van der Waals surface area contributed by atoms with Crippen LogP contribution in [0.3, 0.4) is 0 Å². The lowest BCUT2D eigenvalue weighted by Gasteiger charge is -2.39. The molecule has 2 fully saturated rings. The van der Waals surface area contributed by atoms with Crippen molar-refractivity contribution in [1.29, 1.82) is 0 Å². The van der Waals surface area contributed by atoms with Crippen LogP contribution in [0.2, 0.25) is 0 Å². The predicted molar refractivity (Wildman–Crippen MR) is 134 cm³/mol. The molecule has 1 aromatic heterocycles. The molecule has 0 saturated carbocycles. The summed E-state index contributed by atoms with van der Waals surface area (Å²) in [6.45, 7) is 6.02. The zero-order chi connectivity index (χ0) is 25.2. The molecular weight excluding hydrogens is 466 g/mol. The fraction of sp³-hybridized carbons (Fsp3) is 0.423. The predicted octanol–water partition coefficient (Wildman–Crippen LogP) is 4.81. The lowest BCUT2D eigenvalue weighted by molar-refractivity contribution is -0.384. The number of amides is 2. The SMILES string of the molecule is CCC(=Cc1cccc([N+](=O)[O-])c1)C(=O)N1CCC2(CCN(C(=O)c3ccc(C(C)=O)s3)CC2)C1. The maximum atomic E-state index is 13.3. The number of carbonyl (C=O) groups excluding carboxylic acids is 3. The first kappa shape index (κ1) is 24.8. The molecular formula is C26H29N3O5S. The van der Waals surface area contributed by atoms with Crippen molar-refractivity contribution in [2.45, 2.75) is 39.5 Å². The van der Waals surface area contributed by atoms with Crippen LogP contribution < -0.4 is 0 Å². The van der Waals surface area contributed by atoms with Crippen LogP contribution in [-0.2, 0) is 4.79 Å². The Bertz CT molecular complexity index is 1190. The van der Waals surface area contributed by atoms with Crippen molar-refractivity contribution in [2.75, 3.05) is 26.2 Å². The number of nitro groups is 1. The fourth-order valence-corrected chi connectivity index (χ4v) is 5.82. The Morgan fingerprint density at radius 3 is 2.31 bits per heavy atom. The van der Waals surface area contributed by atoms with E-state index in [0.29, 0.717) is 53.5 Å². The van der Waals surface area contributed by atoms with Gasteiger partial charge >= 0.3 is 0 Å². The Morgan fingerprint density at radius 2 is 1.71 bits per heavy atom. The molecule has 0 unspecified atom stereocenters. The Labute approximate surface area is 208 Å². The van der Waals surface area contributed by atoms with E-state index in [1.54, 1.807) is 30.3 Å². The van der Waals surface area contributed by atoms with E-state index in [-0.39, 0.29) is 28.7 Å². The number of carbonyl (C=O) groups is 3. The highest BCUT2D eigenvalue weighted by molar-refractivity contribution is 7.15. The van der Waals surface area contributed by atoms with Gasteiger partial charge in [-0.3, -0.25) is 24.5 Å². The smallest absolute Gasteiger partial charge is 0.270 e. The standard InChI is InChI=1S/C26H29N3O5S/c1-3-20(15-19-5-4-6-21(16-19)29(33)34)24(31)28-14-11-26(17-28)9-12-27(13-10-26)25(32)23-8-7-22(35-23)18(2)30/h4-8,15-16H,3,9-14,17H2,1-2H3. The van der Waals surface area contributed by atoms with Crippen LogP contribution >= 0.6 is 11.3 Å². The summed E-state index contributed by atoms with van der Waals surface area (Å²) in [5.41, 5.74) is 1.29. The number of piperidine rings is 1. The molecule has 8 nitrogen and oxygen atoms in total. The summed E-state index contributed by atoms with van der Waals surface area (Å²) in [6, 6.07) is 9.74. The number of hydrogen-bond donors (Lipinski definition) is 0. The third-order valence-corrected chi connectivity index (χ3v) is 8.25. The molecule has 2 aliphatic rings. The molecule has 0 bridgehead atoms. The van der Waals surface area contributed by atoms with Gasteiger partial charge in [-0.1, -0.05) is 19.1 Å². The minimum Gasteiger partial charge on any atom is -0.338 e. The van der Waals surface area contributed by atoms with E-state index in [4.69, 9.17) is 0 Å². The molecule has 2 amide bonds. The molecule has 0 atom stereocenters. The van der Waals surface area contributed by atoms with Crippen molar-refractivity contribution in [3.05, 3.63) is 67.4 Å². The van der Waals surface area contributed by atoms with E-state index >= 15 is 0 Å². The monoisotopic (exact) mass is 495 g/mol. The quantitative estimate of drug-likeness (QED) is 0.248. The molecule has 35 heavy (non-hydrogen) atoms. The minimum atomic E-state index is -0.438. The van der Waals surface area contributed by atoms with Gasteiger partial charge in [0, 0.05) is 43.9 Å². The number of hydrogen-bond acceptors (Lipinski definition) is 6. The largest absolute Gasteiger partial charge is 0.338 e. The third kappa shape index (κ3) is 5.35. The van der Waals surface area contributed by atoms with Crippen LogP contribution in [0.1, 0.15) is 64.4 Å². The van der Waals surface area contributed by atoms with E-state index in [2.05, 4.69) is 0 Å². The molecule has 9 heteroatoms. The van der Waals surface area contributed by atoms with Gasteiger partial charge in [0.25, 0.3) is 11.6 Å². The summed E-state index contributed by atoms with van der Waals surface area (Å²) in [7, 11) is 0. The number of nitro benzene ring substituents is 1. The Hall–Kier alpha value is -3.33. The van der Waals surface area contributed by atoms with Gasteiger partial charge in [-0.25, -0.2) is 0 Å². The number of rotatable bonds is 6. The number of Topliss-reactive ketones (excluding diaryl/α,β-unsaturated/α-hetero) is 1. The second-order valence-electron chi connectivity index (χ2n) is 9.36. The number of ketones is 1. The van der Waals surface area contributed by atoms with Crippen molar-refractivity contribution in [3.8, 4) is 0 Å². The van der Waals surface area contributed by atoms with Gasteiger partial charge in [-0.05, 0) is 61.8 Å². The van der Waals surface area contributed by atoms with Crippen molar-refractivity contribution in [1.82, 2.24) is 9.80 Å². The highest BCUT2D eigenvalue weighted by atomic mass is 32.1. The normalized spacial score (nSPS) is 17.6. The maximum Gasteiger partial charge on any atom is 0.270 e. The zero-order valence-electron chi connectivity index (χ0n) is 20.0. The Morgan fingerprint density at radius 1 is 1.06 bits per heavy atom. The van der Waals surface area contributed by atoms with Crippen LogP contribution in [-0.4, -0.2) is 58.5 Å². The lowest BCUT2D eigenvalue weighted by Crippen LogP contribution is -2.44. The van der Waals surface area contributed by atoms with Crippen LogP contribution in [0, 0.1) is 15.5 Å². The molecule has 4 rings (SSSR count). The average Bonchev–Trinajstić information content (AvgIpc) is 3.51. The number of non-ortho nitro benzene ring substituents is 1. The highest BCUT2D eigenvalue weighted by Gasteiger charge is 2.43. The molecule has 184 valence electrons. The van der Waals surface area contributed by atoms with E-state index in [9.17, 15) is 24.5 Å². The second-order valence-corrected chi connectivity index (χ2v) is 10.4. The molecule has 2 saturated heterocycles. The van der Waals surface area contributed by atoms with E-state index in [1.165, 1.54) is 30.4 Å². The van der Waals surface area contributed by atoms with Crippen LogP contribution in [0.4, 0.5) is 5.69 Å². The summed E-state index contributed by atoms with van der Waals surface area (Å²) < 4.78 is 0. The van der Waals surface area contributed by atoms with Crippen LogP contribution in [0.5, 0.6) is 0 Å². The van der Waals surface area contributed by atoms with Gasteiger partial charge in [0.1, 0.15) is 0 Å². The highest BCUT2D eigenvalue weighted by Crippen LogP contribution is 2.41. The molecule has 0 radical (unpaired) electrons. The number of nitrogens with zero attached hydrogens (tertiary/aromatic N) is 3. The number of benzene rings is 1. The van der Waals surface area contributed by atoms with Crippen molar-refractivity contribution in [2.24, 2.45) is 5.41 Å². The second kappa shape index (κ2) is 10.1. The summed E-state index contributed by atoms with van der Waals surface area (Å²) in [5.74, 6) is -0.0884. The molecule has 0 N–H and O–H groups in total. The topological polar surface area (TPSA) is 101 Å². The molecule has 1 aromatic carbocycles. The Kier molecular flexibility index (Phi) is 7.16. The summed E-state index contributed by atoms with van der Waals surface area (Å²) in [5, 5.41) is 11.1. The molecule has 2 aromatic rings. The zero-order valence-corrected chi connectivity index (χ0v) is 20.8. The maximum absolute atomic E-state index is 13.3. The first-order valence-electron chi connectivity index (χ1n) is 11.9. The Balaban J connectivity index is 1.39. The molecule has 0 aliphatic carbocycles. The molecule has 1 spiro atoms. The van der Waals surface area contributed by atoms with Gasteiger partial charge in [0.15, 0.2) is 5.78 Å². The fourth-order valence-electron chi connectivity index (χ4n) is 4.95. The van der Waals surface area contributed by atoms with E-state index in [0.717, 1.165) is 19.3 Å². The number of thiophene rings is 1. The summed E-state index contributed by atoms with van der Waals surface area (Å²) in [6.07, 6.45) is 4.86. The van der Waals surface area contributed by atoms with Gasteiger partial charge in [0.05, 0.1) is 14.7 Å². The van der Waals surface area contributed by atoms with Gasteiger partial charge in [-0.15, -0.1) is 11.3 Å². The van der Waals surface area contributed by atoms with Gasteiger partial charge in [-0.2, -0.15) is 0 Å². The average molecular weight is 496 g/mol. The van der Waals surface area contributed by atoms with Crippen LogP contribution in [0.25, 0.3) is 6.08 Å². The van der Waals surface area contributed by atoms with Crippen molar-refractivity contribution < 1.29 is 19.3 Å². The first-order chi connectivity index (χ1) is 16.7.